The fourth-order valence-electron chi connectivity index (χ4n) is 1.76. The molecule has 0 saturated heterocycles. The lowest BCUT2D eigenvalue weighted by Crippen LogP contribution is -2.26. The average Bonchev–Trinajstić information content (AvgIpc) is 2.88. The summed E-state index contributed by atoms with van der Waals surface area (Å²) in [5.74, 6) is -0.530. The van der Waals surface area contributed by atoms with Gasteiger partial charge in [0.1, 0.15) is 10.1 Å². The maximum atomic E-state index is 12.2. The van der Waals surface area contributed by atoms with Crippen molar-refractivity contribution in [2.75, 3.05) is 11.9 Å². The predicted octanol–water partition coefficient (Wildman–Crippen LogP) is 4.15. The maximum Gasteiger partial charge on any atom is 0.422 e. The van der Waals surface area contributed by atoms with Gasteiger partial charge < -0.3 is 10.1 Å². The number of carbonyl (C=O) groups is 1. The normalized spacial score (nSPS) is 23.5. The largest absolute Gasteiger partial charge is 0.482 e. The molecule has 0 bridgehead atoms. The Morgan fingerprint density at radius 2 is 1.95 bits per heavy atom. The first-order chi connectivity index (χ1) is 9.55. The lowest BCUT2D eigenvalue weighted by atomic mass is 10.1. The van der Waals surface area contributed by atoms with Crippen LogP contribution in [0.3, 0.4) is 0 Å². The van der Waals surface area contributed by atoms with Crippen molar-refractivity contribution in [3.63, 3.8) is 0 Å². The van der Waals surface area contributed by atoms with Crippen LogP contribution in [0.25, 0.3) is 0 Å². The van der Waals surface area contributed by atoms with Crippen LogP contribution in [0.4, 0.5) is 18.9 Å². The number of hydrogen-bond acceptors (Lipinski definition) is 2. The van der Waals surface area contributed by atoms with Gasteiger partial charge in [0.25, 0.3) is 0 Å². The van der Waals surface area contributed by atoms with Crippen molar-refractivity contribution in [1.82, 2.24) is 0 Å². The molecule has 3 nitrogen and oxygen atoms in total. The number of nitrogens with one attached hydrogen (secondary N) is 1. The van der Waals surface area contributed by atoms with Crippen LogP contribution in [-0.2, 0) is 4.79 Å². The zero-order valence-electron chi connectivity index (χ0n) is 10.9. The van der Waals surface area contributed by atoms with Gasteiger partial charge in [0.05, 0.1) is 11.1 Å². The van der Waals surface area contributed by atoms with Crippen LogP contribution in [0.1, 0.15) is 13.3 Å². The molecule has 8 heteroatoms. The molecule has 0 heterocycles. The second-order valence-electron chi connectivity index (χ2n) is 5.07. The van der Waals surface area contributed by atoms with Gasteiger partial charge in [0.15, 0.2) is 6.61 Å². The van der Waals surface area contributed by atoms with Gasteiger partial charge in [-0.05, 0) is 25.5 Å². The standard InChI is InChI=1S/C13H12Cl2F3NO2/c1-11(6-12(11,14)15)10(20)19-8-4-2-3-5-9(8)21-7-13(16,17)18/h2-5H,6-7H2,1H3,(H,19,20). The third-order valence-electron chi connectivity index (χ3n) is 3.29. The van der Waals surface area contributed by atoms with Crippen molar-refractivity contribution in [2.45, 2.75) is 23.9 Å². The molecular weight excluding hydrogens is 330 g/mol. The highest BCUT2D eigenvalue weighted by molar-refractivity contribution is 6.53. The monoisotopic (exact) mass is 341 g/mol. The predicted molar refractivity (Wildman–Crippen MR) is 73.8 cm³/mol. The smallest absolute Gasteiger partial charge is 0.422 e. The topological polar surface area (TPSA) is 38.3 Å². The number of anilines is 1. The molecule has 1 aromatic rings. The van der Waals surface area contributed by atoms with Crippen LogP contribution in [0, 0.1) is 5.41 Å². The van der Waals surface area contributed by atoms with E-state index >= 15 is 0 Å². The molecule has 1 saturated carbocycles. The first kappa shape index (κ1) is 16.2. The Bertz CT molecular complexity index is 563. The molecule has 1 N–H and O–H groups in total. The van der Waals surface area contributed by atoms with E-state index in [-0.39, 0.29) is 17.9 Å². The van der Waals surface area contributed by atoms with Crippen LogP contribution in [0.2, 0.25) is 0 Å². The molecule has 1 unspecified atom stereocenters. The van der Waals surface area contributed by atoms with Crippen LogP contribution in [-0.4, -0.2) is 23.0 Å². The fraction of sp³-hybridized carbons (Fsp3) is 0.462. The number of amides is 1. The minimum atomic E-state index is -4.46. The number of halogens is 5. The second-order valence-corrected chi connectivity index (χ2v) is 6.55. The molecule has 1 aliphatic rings. The van der Waals surface area contributed by atoms with Gasteiger partial charge in [-0.25, -0.2) is 0 Å². The van der Waals surface area contributed by atoms with E-state index in [0.717, 1.165) is 0 Å². The molecule has 1 amide bonds. The summed E-state index contributed by atoms with van der Waals surface area (Å²) in [4.78, 5) is 12.1. The lowest BCUT2D eigenvalue weighted by Gasteiger charge is -2.16. The molecule has 0 aromatic heterocycles. The first-order valence-electron chi connectivity index (χ1n) is 6.03. The number of benzene rings is 1. The van der Waals surface area contributed by atoms with Gasteiger partial charge in [0, 0.05) is 0 Å². The van der Waals surface area contributed by atoms with Crippen molar-refractivity contribution in [3.05, 3.63) is 24.3 Å². The van der Waals surface area contributed by atoms with Gasteiger partial charge in [-0.2, -0.15) is 13.2 Å². The summed E-state index contributed by atoms with van der Waals surface area (Å²) in [7, 11) is 0. The third-order valence-corrected chi connectivity index (χ3v) is 4.39. The van der Waals surface area contributed by atoms with Crippen LogP contribution < -0.4 is 10.1 Å². The Morgan fingerprint density at radius 3 is 2.48 bits per heavy atom. The summed E-state index contributed by atoms with van der Waals surface area (Å²) >= 11 is 11.8. The fourth-order valence-corrected chi connectivity index (χ4v) is 2.47. The second kappa shape index (κ2) is 5.25. The Kier molecular flexibility index (Phi) is 4.06. The van der Waals surface area contributed by atoms with Crippen molar-refractivity contribution in [3.8, 4) is 5.75 Å². The molecule has 2 rings (SSSR count). The summed E-state index contributed by atoms with van der Waals surface area (Å²) in [6, 6.07) is 5.86. The molecule has 1 atom stereocenters. The van der Waals surface area contributed by atoms with Gasteiger partial charge in [-0.1, -0.05) is 12.1 Å². The number of ether oxygens (including phenoxy) is 1. The summed E-state index contributed by atoms with van der Waals surface area (Å²) in [6.07, 6.45) is -4.18. The summed E-state index contributed by atoms with van der Waals surface area (Å²) in [6.45, 7) is 0.146. The Morgan fingerprint density at radius 1 is 1.38 bits per heavy atom. The van der Waals surface area contributed by atoms with Crippen molar-refractivity contribution >= 4 is 34.8 Å². The van der Waals surface area contributed by atoms with Gasteiger partial charge in [-0.15, -0.1) is 23.2 Å². The van der Waals surface area contributed by atoms with Crippen molar-refractivity contribution in [1.29, 1.82) is 0 Å². The number of para-hydroxylation sites is 2. The van der Waals surface area contributed by atoms with E-state index in [2.05, 4.69) is 10.1 Å². The highest BCUT2D eigenvalue weighted by atomic mass is 35.5. The van der Waals surface area contributed by atoms with E-state index in [9.17, 15) is 18.0 Å². The highest BCUT2D eigenvalue weighted by Crippen LogP contribution is 2.64. The Balaban J connectivity index is 2.09. The van der Waals surface area contributed by atoms with E-state index in [1.807, 2.05) is 0 Å². The van der Waals surface area contributed by atoms with Crippen LogP contribution in [0.15, 0.2) is 24.3 Å². The molecular formula is C13H12Cl2F3NO2. The molecule has 21 heavy (non-hydrogen) atoms. The quantitative estimate of drug-likeness (QED) is 0.835. The number of carbonyl (C=O) groups excluding carboxylic acids is 1. The van der Waals surface area contributed by atoms with Crippen molar-refractivity contribution < 1.29 is 22.7 Å². The molecule has 116 valence electrons. The number of alkyl halides is 5. The van der Waals surface area contributed by atoms with E-state index < -0.39 is 28.4 Å². The van der Waals surface area contributed by atoms with Gasteiger partial charge in [0.2, 0.25) is 5.91 Å². The average molecular weight is 342 g/mol. The third kappa shape index (κ3) is 3.55. The van der Waals surface area contributed by atoms with E-state index in [1.54, 1.807) is 13.0 Å². The van der Waals surface area contributed by atoms with Crippen LogP contribution in [0.5, 0.6) is 5.75 Å². The highest BCUT2D eigenvalue weighted by Gasteiger charge is 2.67. The zero-order chi connectivity index (χ0) is 15.9. The van der Waals surface area contributed by atoms with E-state index in [0.29, 0.717) is 0 Å². The Labute approximate surface area is 129 Å². The van der Waals surface area contributed by atoms with E-state index in [1.165, 1.54) is 18.2 Å². The summed E-state index contributed by atoms with van der Waals surface area (Å²) < 4.78 is 40.1. The molecule has 1 aromatic carbocycles. The Hall–Kier alpha value is -1.14. The molecule has 0 aliphatic heterocycles. The minimum Gasteiger partial charge on any atom is -0.482 e. The number of hydrogen-bond donors (Lipinski definition) is 1. The molecule has 0 radical (unpaired) electrons. The van der Waals surface area contributed by atoms with E-state index in [4.69, 9.17) is 23.2 Å². The van der Waals surface area contributed by atoms with Crippen LogP contribution >= 0.6 is 23.2 Å². The summed E-state index contributed by atoms with van der Waals surface area (Å²) in [5.41, 5.74) is -0.822. The molecule has 0 spiro atoms. The number of rotatable bonds is 4. The van der Waals surface area contributed by atoms with Gasteiger partial charge >= 0.3 is 6.18 Å². The SMILES string of the molecule is CC1(C(=O)Nc2ccccc2OCC(F)(F)F)CC1(Cl)Cl. The lowest BCUT2D eigenvalue weighted by molar-refractivity contribution is -0.153. The maximum absolute atomic E-state index is 12.2. The first-order valence-corrected chi connectivity index (χ1v) is 6.79. The van der Waals surface area contributed by atoms with Gasteiger partial charge in [-0.3, -0.25) is 4.79 Å². The molecule has 1 aliphatic carbocycles. The van der Waals surface area contributed by atoms with Crippen molar-refractivity contribution in [2.24, 2.45) is 5.41 Å². The summed E-state index contributed by atoms with van der Waals surface area (Å²) in [5, 5.41) is 2.50. The minimum absolute atomic E-state index is 0.0674. The molecule has 1 fully saturated rings. The zero-order valence-corrected chi connectivity index (χ0v) is 12.4.